The highest BCUT2D eigenvalue weighted by Crippen LogP contribution is 2.36. The summed E-state index contributed by atoms with van der Waals surface area (Å²) in [4.78, 5) is 26.7. The molecule has 11 nitrogen and oxygen atoms in total. The molecule has 1 aromatic carbocycles. The molecule has 0 radical (unpaired) electrons. The number of methoxy groups -OCH3 is 1. The Hall–Kier alpha value is -2.12. The van der Waals surface area contributed by atoms with Gasteiger partial charge in [0.1, 0.15) is 12.4 Å². The van der Waals surface area contributed by atoms with Crippen molar-refractivity contribution in [2.24, 2.45) is 5.92 Å². The van der Waals surface area contributed by atoms with Crippen LogP contribution in [0.3, 0.4) is 0 Å². The highest BCUT2D eigenvalue weighted by molar-refractivity contribution is 9.10. The molecule has 13 heteroatoms. The van der Waals surface area contributed by atoms with Gasteiger partial charge < -0.3 is 33.3 Å². The van der Waals surface area contributed by atoms with Gasteiger partial charge >= 0.3 is 12.2 Å². The lowest BCUT2D eigenvalue weighted by Crippen LogP contribution is -2.49. The van der Waals surface area contributed by atoms with Gasteiger partial charge in [-0.1, -0.05) is 11.6 Å². The van der Waals surface area contributed by atoms with Gasteiger partial charge in [0, 0.05) is 47.5 Å². The lowest BCUT2D eigenvalue weighted by atomic mass is 9.97. The molecule has 2 aliphatic heterocycles. The molecule has 0 aliphatic carbocycles. The largest absolute Gasteiger partial charge is 0.508 e. The zero-order valence-corrected chi connectivity index (χ0v) is 26.4. The van der Waals surface area contributed by atoms with Gasteiger partial charge in [-0.05, 0) is 74.0 Å². The Labute approximate surface area is 253 Å². The van der Waals surface area contributed by atoms with E-state index < -0.39 is 17.8 Å². The van der Waals surface area contributed by atoms with Crippen LogP contribution in [0.2, 0.25) is 5.02 Å². The molecule has 2 aromatic rings. The van der Waals surface area contributed by atoms with E-state index in [1.54, 1.807) is 11.1 Å². The maximum Gasteiger partial charge on any atom is 0.508 e. The fourth-order valence-corrected chi connectivity index (χ4v) is 6.16. The summed E-state index contributed by atoms with van der Waals surface area (Å²) in [7, 11) is 1.54. The van der Waals surface area contributed by atoms with Crippen LogP contribution in [0.1, 0.15) is 58.2 Å². The highest BCUT2D eigenvalue weighted by atomic mass is 79.9. The van der Waals surface area contributed by atoms with E-state index in [1.807, 2.05) is 31.5 Å². The molecule has 41 heavy (non-hydrogen) atoms. The molecule has 0 bridgehead atoms. The molecule has 3 heterocycles. The number of nitrogens with zero attached hydrogens (tertiary/aromatic N) is 3. The third-order valence-electron chi connectivity index (χ3n) is 6.90. The van der Waals surface area contributed by atoms with E-state index in [-0.39, 0.29) is 38.3 Å². The summed E-state index contributed by atoms with van der Waals surface area (Å²) in [6, 6.07) is 1.88. The molecule has 2 aliphatic rings. The zero-order chi connectivity index (χ0) is 29.6. The fraction of sp³-hybridized carbons (Fsp3) is 0.679. The molecule has 228 valence electrons. The summed E-state index contributed by atoms with van der Waals surface area (Å²) in [6.45, 7) is 7.15. The van der Waals surface area contributed by atoms with E-state index in [2.05, 4.69) is 21.0 Å². The Kier molecular flexibility index (Phi) is 11.1. The Bertz CT molecular complexity index is 1200. The molecule has 1 unspecified atom stereocenters. The number of halogens is 2. The fourth-order valence-electron chi connectivity index (χ4n) is 5.03. The van der Waals surface area contributed by atoms with Gasteiger partial charge in [-0.3, -0.25) is 0 Å². The number of fused-ring (bicyclic) bond motifs is 1. The lowest BCUT2D eigenvalue weighted by molar-refractivity contribution is -0.105. The minimum absolute atomic E-state index is 0.0732. The number of carbonyl (C=O) groups is 2. The van der Waals surface area contributed by atoms with Crippen molar-refractivity contribution in [3.8, 4) is 0 Å². The molecule has 1 aromatic heterocycles. The highest BCUT2D eigenvalue weighted by Gasteiger charge is 2.34. The van der Waals surface area contributed by atoms with Crippen molar-refractivity contribution in [1.82, 2.24) is 14.7 Å². The van der Waals surface area contributed by atoms with Crippen molar-refractivity contribution in [2.45, 2.75) is 70.8 Å². The predicted octanol–water partition coefficient (Wildman–Crippen LogP) is 6.09. The van der Waals surface area contributed by atoms with Crippen molar-refractivity contribution in [3.05, 3.63) is 27.3 Å². The summed E-state index contributed by atoms with van der Waals surface area (Å²) >= 11 is 10.3. The van der Waals surface area contributed by atoms with Crippen LogP contribution in [-0.4, -0.2) is 85.4 Å². The van der Waals surface area contributed by atoms with Crippen LogP contribution in [0.5, 0.6) is 0 Å². The van der Waals surface area contributed by atoms with Crippen LogP contribution in [0.25, 0.3) is 10.9 Å². The SMILES string of the molecule is COCO[C@H]1C[C@@H](COC(=O)OCCc2c(Cl)cc3c(cnn3C3CCCCO3)c2Br)CN(C(=O)OC(C)(C)C)C1. The average molecular weight is 661 g/mol. The number of hydrogen-bond acceptors (Lipinski definition) is 9. The van der Waals surface area contributed by atoms with E-state index in [4.69, 9.17) is 40.0 Å². The summed E-state index contributed by atoms with van der Waals surface area (Å²) in [5.41, 5.74) is 1.08. The Morgan fingerprint density at radius 1 is 1.22 bits per heavy atom. The second-order valence-corrected chi connectivity index (χ2v) is 12.5. The first-order valence-electron chi connectivity index (χ1n) is 13.9. The molecule has 2 fully saturated rings. The number of hydrogen-bond donors (Lipinski definition) is 0. The first-order valence-corrected chi connectivity index (χ1v) is 15.1. The smallest absolute Gasteiger partial charge is 0.444 e. The van der Waals surface area contributed by atoms with Crippen LogP contribution in [0.15, 0.2) is 16.7 Å². The second-order valence-electron chi connectivity index (χ2n) is 11.3. The van der Waals surface area contributed by atoms with Gasteiger partial charge in [-0.15, -0.1) is 0 Å². The summed E-state index contributed by atoms with van der Waals surface area (Å²) in [5.74, 6) is -0.152. The molecule has 0 N–H and O–H groups in total. The first-order chi connectivity index (χ1) is 19.6. The van der Waals surface area contributed by atoms with Crippen molar-refractivity contribution in [3.63, 3.8) is 0 Å². The summed E-state index contributed by atoms with van der Waals surface area (Å²) < 4.78 is 35.6. The maximum atomic E-state index is 12.7. The molecule has 3 atom stereocenters. The molecule has 2 saturated heterocycles. The number of likely N-dealkylation sites (tertiary alicyclic amines) is 1. The number of piperidine rings is 1. The standard InChI is InChI=1S/C28H39BrClN3O8/c1-28(2,3)41-26(34)32-14-18(11-19(15-32)40-17-36-4)16-39-27(35)38-10-8-20-22(30)12-23-21(25(20)29)13-31-33(23)24-7-5-6-9-37-24/h12-13,18-19,24H,5-11,14-17H2,1-4H3/t18-,19+,24?/m1/s1. The number of aromatic nitrogens is 2. The van der Waals surface area contributed by atoms with Gasteiger partial charge in [0.25, 0.3) is 0 Å². The molecule has 1 amide bonds. The van der Waals surface area contributed by atoms with E-state index >= 15 is 0 Å². The summed E-state index contributed by atoms with van der Waals surface area (Å²) in [5, 5.41) is 6.01. The summed E-state index contributed by atoms with van der Waals surface area (Å²) in [6.07, 6.45) is 4.23. The average Bonchev–Trinajstić information content (AvgIpc) is 3.36. The van der Waals surface area contributed by atoms with Crippen LogP contribution >= 0.6 is 27.5 Å². The number of amides is 1. The van der Waals surface area contributed by atoms with E-state index in [1.165, 1.54) is 7.11 Å². The Balaban J connectivity index is 1.30. The third kappa shape index (κ3) is 8.70. The van der Waals surface area contributed by atoms with Gasteiger partial charge in [0.2, 0.25) is 0 Å². The van der Waals surface area contributed by atoms with Gasteiger partial charge in [0.15, 0.2) is 6.23 Å². The number of benzene rings is 1. The third-order valence-corrected chi connectivity index (χ3v) is 8.14. The minimum atomic E-state index is -0.788. The van der Waals surface area contributed by atoms with Crippen LogP contribution in [-0.2, 0) is 34.8 Å². The monoisotopic (exact) mass is 659 g/mol. The minimum Gasteiger partial charge on any atom is -0.444 e. The molecule has 4 rings (SSSR count). The van der Waals surface area contributed by atoms with Crippen LogP contribution < -0.4 is 0 Å². The van der Waals surface area contributed by atoms with Gasteiger partial charge in [-0.25, -0.2) is 14.3 Å². The Morgan fingerprint density at radius 3 is 2.73 bits per heavy atom. The van der Waals surface area contributed by atoms with Crippen LogP contribution in [0, 0.1) is 5.92 Å². The predicted molar refractivity (Wildman–Crippen MR) is 155 cm³/mol. The molecular formula is C28H39BrClN3O8. The van der Waals surface area contributed by atoms with Crippen molar-refractivity contribution < 1.29 is 38.0 Å². The quantitative estimate of drug-likeness (QED) is 0.233. The van der Waals surface area contributed by atoms with Crippen molar-refractivity contribution in [2.75, 3.05) is 46.8 Å². The number of rotatable bonds is 9. The van der Waals surface area contributed by atoms with Gasteiger partial charge in [-0.2, -0.15) is 5.10 Å². The lowest BCUT2D eigenvalue weighted by Gasteiger charge is -2.37. The zero-order valence-electron chi connectivity index (χ0n) is 24.0. The number of ether oxygens (including phenoxy) is 6. The van der Waals surface area contributed by atoms with E-state index in [0.29, 0.717) is 31.0 Å². The maximum absolute atomic E-state index is 12.7. The Morgan fingerprint density at radius 2 is 2.02 bits per heavy atom. The molecular weight excluding hydrogens is 622 g/mol. The van der Waals surface area contributed by atoms with Crippen molar-refractivity contribution in [1.29, 1.82) is 0 Å². The normalized spacial score (nSPS) is 21.6. The number of carbonyl (C=O) groups excluding carboxylic acids is 2. The van der Waals surface area contributed by atoms with Crippen molar-refractivity contribution >= 4 is 50.7 Å². The second kappa shape index (κ2) is 14.4. The van der Waals surface area contributed by atoms with Crippen LogP contribution in [0.4, 0.5) is 9.59 Å². The molecule has 0 saturated carbocycles. The topological polar surface area (TPSA) is 111 Å². The molecule has 0 spiro atoms. The van der Waals surface area contributed by atoms with E-state index in [0.717, 1.165) is 46.8 Å². The van der Waals surface area contributed by atoms with Gasteiger partial charge in [0.05, 0.1) is 37.6 Å². The first kappa shape index (κ1) is 31.8. The van der Waals surface area contributed by atoms with E-state index in [9.17, 15) is 9.59 Å².